The van der Waals surface area contributed by atoms with Crippen LogP contribution in [0.2, 0.25) is 0 Å². The Morgan fingerprint density at radius 3 is 3.20 bits per heavy atom. The van der Waals surface area contributed by atoms with Gasteiger partial charge in [0.25, 0.3) is 0 Å². The Morgan fingerprint density at radius 2 is 2.40 bits per heavy atom. The van der Waals surface area contributed by atoms with Crippen molar-refractivity contribution in [3.8, 4) is 0 Å². The Labute approximate surface area is 89.5 Å². The van der Waals surface area contributed by atoms with Crippen LogP contribution in [0.15, 0.2) is 17.7 Å². The normalized spacial score (nSPS) is 10.5. The number of ether oxygens (including phenoxy) is 1. The molecule has 0 saturated heterocycles. The van der Waals surface area contributed by atoms with Crippen molar-refractivity contribution in [1.82, 2.24) is 19.9 Å². The van der Waals surface area contributed by atoms with Gasteiger partial charge in [-0.2, -0.15) is 0 Å². The van der Waals surface area contributed by atoms with Crippen LogP contribution >= 0.6 is 11.8 Å². The van der Waals surface area contributed by atoms with Gasteiger partial charge in [0.2, 0.25) is 0 Å². The Hall–Kier alpha value is -1.63. The molecule has 0 bridgehead atoms. The van der Waals surface area contributed by atoms with Gasteiger partial charge in [0.05, 0.1) is 19.2 Å². The average molecular weight is 224 g/mol. The topological polar surface area (TPSA) is 80.8 Å². The second-order valence-electron chi connectivity index (χ2n) is 2.64. The number of hydrogen-bond acceptors (Lipinski definition) is 6. The summed E-state index contributed by atoms with van der Waals surface area (Å²) in [5.74, 6) is -0.0620. The number of methoxy groups -OCH3 is 1. The number of carbonyl (C=O) groups is 1. The zero-order chi connectivity index (χ0) is 10.7. The fourth-order valence-corrected chi connectivity index (χ4v) is 1.83. The number of rotatable bonds is 3. The minimum Gasteiger partial charge on any atom is -0.468 e. The lowest BCUT2D eigenvalue weighted by molar-refractivity contribution is -0.137. The number of imidazole rings is 1. The highest BCUT2D eigenvalue weighted by molar-refractivity contribution is 8.00. The van der Waals surface area contributed by atoms with Crippen LogP contribution in [0.4, 0.5) is 0 Å². The molecule has 0 atom stereocenters. The minimum atomic E-state index is -0.286. The van der Waals surface area contributed by atoms with Crippen molar-refractivity contribution in [3.05, 3.63) is 12.7 Å². The summed E-state index contributed by atoms with van der Waals surface area (Å²) in [5.41, 5.74) is 1.34. The number of H-pyrrole nitrogens is 1. The number of hydrogen-bond donors (Lipinski definition) is 1. The molecule has 2 aromatic rings. The molecule has 0 amide bonds. The van der Waals surface area contributed by atoms with Gasteiger partial charge in [-0.25, -0.2) is 15.0 Å². The molecule has 2 rings (SSSR count). The Bertz CT molecular complexity index is 484. The third-order valence-corrected chi connectivity index (χ3v) is 2.71. The van der Waals surface area contributed by atoms with Gasteiger partial charge in [-0.05, 0) is 0 Å². The van der Waals surface area contributed by atoms with E-state index in [1.54, 1.807) is 6.33 Å². The average Bonchev–Trinajstić information content (AvgIpc) is 2.74. The van der Waals surface area contributed by atoms with Gasteiger partial charge < -0.3 is 9.72 Å². The zero-order valence-corrected chi connectivity index (χ0v) is 8.74. The summed E-state index contributed by atoms with van der Waals surface area (Å²) < 4.78 is 4.54. The molecule has 0 aromatic carbocycles. The molecule has 0 aliphatic rings. The number of nitrogens with one attached hydrogen (secondary N) is 1. The molecule has 0 fully saturated rings. The van der Waals surface area contributed by atoms with Gasteiger partial charge in [0, 0.05) is 0 Å². The number of thioether (sulfide) groups is 1. The molecule has 0 aliphatic heterocycles. The van der Waals surface area contributed by atoms with Crippen molar-refractivity contribution in [2.24, 2.45) is 0 Å². The molecular weight excluding hydrogens is 216 g/mol. The third-order valence-electron chi connectivity index (χ3n) is 1.74. The molecule has 0 aliphatic carbocycles. The minimum absolute atomic E-state index is 0.224. The summed E-state index contributed by atoms with van der Waals surface area (Å²) in [6.45, 7) is 0. The van der Waals surface area contributed by atoms with Gasteiger partial charge in [-0.1, -0.05) is 11.8 Å². The molecular formula is C8H8N4O2S. The van der Waals surface area contributed by atoms with Gasteiger partial charge in [0.15, 0.2) is 5.65 Å². The predicted molar refractivity (Wildman–Crippen MR) is 54.4 cm³/mol. The van der Waals surface area contributed by atoms with Crippen LogP contribution in [0.1, 0.15) is 0 Å². The number of esters is 1. The molecule has 7 heteroatoms. The molecule has 6 nitrogen and oxygen atoms in total. The number of aromatic amines is 1. The van der Waals surface area contributed by atoms with Crippen LogP contribution in [0.5, 0.6) is 0 Å². The van der Waals surface area contributed by atoms with Gasteiger partial charge >= 0.3 is 5.97 Å². The molecule has 15 heavy (non-hydrogen) atoms. The van der Waals surface area contributed by atoms with Crippen LogP contribution in [0.3, 0.4) is 0 Å². The highest BCUT2D eigenvalue weighted by atomic mass is 32.2. The van der Waals surface area contributed by atoms with E-state index < -0.39 is 0 Å². The van der Waals surface area contributed by atoms with Crippen LogP contribution in [-0.4, -0.2) is 38.8 Å². The molecule has 0 unspecified atom stereocenters. The highest BCUT2D eigenvalue weighted by Crippen LogP contribution is 2.21. The lowest BCUT2D eigenvalue weighted by Crippen LogP contribution is -2.03. The van der Waals surface area contributed by atoms with E-state index in [0.717, 1.165) is 5.52 Å². The van der Waals surface area contributed by atoms with Crippen LogP contribution in [0.25, 0.3) is 11.2 Å². The molecule has 0 spiro atoms. The smallest absolute Gasteiger partial charge is 0.316 e. The summed E-state index contributed by atoms with van der Waals surface area (Å²) in [6.07, 6.45) is 2.96. The monoisotopic (exact) mass is 224 g/mol. The van der Waals surface area contributed by atoms with Crippen molar-refractivity contribution in [2.45, 2.75) is 5.03 Å². The molecule has 0 radical (unpaired) electrons. The van der Waals surface area contributed by atoms with Gasteiger partial charge in [-0.3, -0.25) is 4.79 Å². The fourth-order valence-electron chi connectivity index (χ4n) is 1.04. The zero-order valence-electron chi connectivity index (χ0n) is 7.93. The Morgan fingerprint density at radius 1 is 1.53 bits per heavy atom. The maximum Gasteiger partial charge on any atom is 0.316 e. The van der Waals surface area contributed by atoms with Crippen molar-refractivity contribution in [1.29, 1.82) is 0 Å². The van der Waals surface area contributed by atoms with Gasteiger partial charge in [-0.15, -0.1) is 0 Å². The number of carbonyl (C=O) groups excluding carboxylic acids is 1. The van der Waals surface area contributed by atoms with Crippen molar-refractivity contribution in [2.75, 3.05) is 12.9 Å². The van der Waals surface area contributed by atoms with Crippen molar-refractivity contribution >= 4 is 28.9 Å². The lowest BCUT2D eigenvalue weighted by Gasteiger charge is -1.99. The maximum absolute atomic E-state index is 10.9. The van der Waals surface area contributed by atoms with E-state index in [4.69, 9.17) is 0 Å². The van der Waals surface area contributed by atoms with E-state index >= 15 is 0 Å². The SMILES string of the molecule is COC(=O)CSc1ncnc2nc[nH]c12. The van der Waals surface area contributed by atoms with Crippen LogP contribution < -0.4 is 0 Å². The third kappa shape index (κ3) is 2.07. The highest BCUT2D eigenvalue weighted by Gasteiger charge is 2.08. The Kier molecular flexibility index (Phi) is 2.82. The lowest BCUT2D eigenvalue weighted by atomic mass is 10.6. The summed E-state index contributed by atoms with van der Waals surface area (Å²) in [7, 11) is 1.36. The summed E-state index contributed by atoms with van der Waals surface area (Å²) in [6, 6.07) is 0. The van der Waals surface area contributed by atoms with Crippen molar-refractivity contribution < 1.29 is 9.53 Å². The van der Waals surface area contributed by atoms with E-state index in [2.05, 4.69) is 24.7 Å². The van der Waals surface area contributed by atoms with Crippen LogP contribution in [-0.2, 0) is 9.53 Å². The summed E-state index contributed by atoms with van der Waals surface area (Å²) >= 11 is 1.29. The van der Waals surface area contributed by atoms with Crippen LogP contribution in [0, 0.1) is 0 Å². The number of nitrogens with zero attached hydrogens (tertiary/aromatic N) is 3. The van der Waals surface area contributed by atoms with E-state index in [9.17, 15) is 4.79 Å². The predicted octanol–water partition coefficient (Wildman–Crippen LogP) is 0.618. The fraction of sp³-hybridized carbons (Fsp3) is 0.250. The molecule has 0 saturated carbocycles. The number of fused-ring (bicyclic) bond motifs is 1. The first-order valence-electron chi connectivity index (χ1n) is 4.15. The second kappa shape index (κ2) is 4.26. The first-order valence-corrected chi connectivity index (χ1v) is 5.13. The van der Waals surface area contributed by atoms with Crippen molar-refractivity contribution in [3.63, 3.8) is 0 Å². The molecule has 2 aromatic heterocycles. The Balaban J connectivity index is 2.20. The first-order chi connectivity index (χ1) is 7.31. The maximum atomic E-state index is 10.9. The first kappa shape index (κ1) is 9.91. The van der Waals surface area contributed by atoms with Gasteiger partial charge in [0.1, 0.15) is 16.9 Å². The standard InChI is InChI=1S/C8H8N4O2S/c1-14-5(13)2-15-8-6-7(10-3-9-6)11-4-12-8/h3-4H,2H2,1H3,(H,9,10,11,12). The molecule has 2 heterocycles. The van der Waals surface area contributed by atoms with E-state index in [0.29, 0.717) is 10.7 Å². The second-order valence-corrected chi connectivity index (χ2v) is 3.61. The molecule has 78 valence electrons. The quantitative estimate of drug-likeness (QED) is 0.467. The molecule has 1 N–H and O–H groups in total. The largest absolute Gasteiger partial charge is 0.468 e. The van der Waals surface area contributed by atoms with E-state index in [-0.39, 0.29) is 11.7 Å². The summed E-state index contributed by atoms with van der Waals surface area (Å²) in [4.78, 5) is 25.9. The summed E-state index contributed by atoms with van der Waals surface area (Å²) in [5, 5.41) is 0.697. The van der Waals surface area contributed by atoms with E-state index in [1.807, 2.05) is 0 Å². The van der Waals surface area contributed by atoms with E-state index in [1.165, 1.54) is 25.2 Å². The number of aromatic nitrogens is 4.